The van der Waals surface area contributed by atoms with Gasteiger partial charge in [-0.25, -0.2) is 0 Å². The Morgan fingerprint density at radius 3 is 1.78 bits per heavy atom. The number of Topliss-reactive ketones (excluding diaryl/α,β-unsaturated/α-hetero) is 1. The predicted octanol–water partition coefficient (Wildman–Crippen LogP) is -0.430. The molecule has 0 spiro atoms. The van der Waals surface area contributed by atoms with E-state index in [-0.39, 0.29) is 71.2 Å². The van der Waals surface area contributed by atoms with Crippen molar-refractivity contribution in [2.75, 3.05) is 72.5 Å². The van der Waals surface area contributed by atoms with E-state index in [2.05, 4.69) is 31.9 Å². The van der Waals surface area contributed by atoms with Crippen LogP contribution < -0.4 is 5.32 Å². The molecule has 0 fully saturated rings. The Morgan fingerprint density at radius 1 is 0.778 bits per heavy atom. The number of rotatable bonds is 25. The van der Waals surface area contributed by atoms with Crippen molar-refractivity contribution in [1.29, 1.82) is 0 Å². The summed E-state index contributed by atoms with van der Waals surface area (Å²) in [6.45, 7) is 6.44. The number of hydrogen-bond donors (Lipinski definition) is 5. The van der Waals surface area contributed by atoms with Gasteiger partial charge in [-0.1, -0.05) is 16.8 Å². The summed E-state index contributed by atoms with van der Waals surface area (Å²) >= 11 is 0. The minimum absolute atomic E-state index is 0.0227. The molecule has 0 saturated carbocycles. The van der Waals surface area contributed by atoms with Gasteiger partial charge < -0.3 is 44.7 Å². The van der Waals surface area contributed by atoms with Gasteiger partial charge in [-0.05, 0) is 17.5 Å². The van der Waals surface area contributed by atoms with Crippen molar-refractivity contribution in [3.8, 4) is 0 Å². The second-order valence-electron chi connectivity index (χ2n) is 7.25. The normalized spacial score (nSPS) is 14.1. The molecular weight excluding hydrogens is 482 g/mol. The highest BCUT2D eigenvalue weighted by molar-refractivity contribution is 5.83. The van der Waals surface area contributed by atoms with E-state index in [0.29, 0.717) is 19.8 Å². The predicted molar refractivity (Wildman–Crippen MR) is 127 cm³/mol. The molecule has 36 heavy (non-hydrogen) atoms. The van der Waals surface area contributed by atoms with Crippen LogP contribution in [0.15, 0.2) is 22.5 Å². The minimum atomic E-state index is -1.92. The van der Waals surface area contributed by atoms with Gasteiger partial charge in [0.15, 0.2) is 5.78 Å². The molecule has 0 aliphatic carbocycles. The Bertz CT molecular complexity index is 645. The fraction of sp³-hybridized carbons (Fsp3) is 0.850. The number of ketones is 1. The fourth-order valence-electron chi connectivity index (χ4n) is 2.60. The lowest BCUT2D eigenvalue weighted by Gasteiger charge is -2.27. The van der Waals surface area contributed by atoms with Crippen LogP contribution in [0.2, 0.25) is 0 Å². The molecule has 16 heteroatoms. The van der Waals surface area contributed by atoms with E-state index in [1.54, 1.807) is 0 Å². The third-order valence-electron chi connectivity index (χ3n) is 4.54. The van der Waals surface area contributed by atoms with Crippen LogP contribution in [0.3, 0.4) is 0 Å². The average molecular weight is 520 g/mol. The van der Waals surface area contributed by atoms with Crippen molar-refractivity contribution in [2.24, 2.45) is 10.2 Å². The smallest absolute Gasteiger partial charge is 0.164 e. The zero-order chi connectivity index (χ0) is 27.0. The van der Waals surface area contributed by atoms with Crippen LogP contribution in [0.25, 0.3) is 20.9 Å². The van der Waals surface area contributed by atoms with Crippen molar-refractivity contribution in [3.05, 3.63) is 33.2 Å². The van der Waals surface area contributed by atoms with Gasteiger partial charge in [0.2, 0.25) is 0 Å². The van der Waals surface area contributed by atoms with Gasteiger partial charge in [-0.15, -0.1) is 0 Å². The number of aliphatic hydroxyl groups excluding tert-OH is 4. The molecule has 0 aliphatic rings. The van der Waals surface area contributed by atoms with Gasteiger partial charge >= 0.3 is 0 Å². The summed E-state index contributed by atoms with van der Waals surface area (Å²) in [6.07, 6.45) is -7.15. The largest absolute Gasteiger partial charge is 0.387 e. The lowest BCUT2D eigenvalue weighted by atomic mass is 9.97. The number of carbonyl (C=O) groups is 1. The molecule has 0 rings (SSSR count). The third kappa shape index (κ3) is 17.0. The number of ether oxygens (including phenoxy) is 4. The Balaban J connectivity index is 4.00. The molecule has 0 radical (unpaired) electrons. The van der Waals surface area contributed by atoms with Crippen molar-refractivity contribution in [1.82, 2.24) is 5.32 Å². The van der Waals surface area contributed by atoms with E-state index in [0.717, 1.165) is 0 Å². The number of nitrogens with one attached hydrogen (secondary N) is 1. The second kappa shape index (κ2) is 22.9. The summed E-state index contributed by atoms with van der Waals surface area (Å²) in [7, 11) is 0. The van der Waals surface area contributed by atoms with Crippen LogP contribution in [0.1, 0.15) is 12.8 Å². The minimum Gasteiger partial charge on any atom is -0.387 e. The first-order valence-electron chi connectivity index (χ1n) is 11.4. The Labute approximate surface area is 209 Å². The maximum absolute atomic E-state index is 12.1. The molecule has 4 atom stereocenters. The lowest BCUT2D eigenvalue weighted by molar-refractivity contribution is -0.143. The average Bonchev–Trinajstić information content (AvgIpc) is 2.88. The number of nitrogens with zero attached hydrogens (tertiary/aromatic N) is 6. The highest BCUT2D eigenvalue weighted by atomic mass is 16.5. The van der Waals surface area contributed by atoms with Crippen molar-refractivity contribution in [2.45, 2.75) is 37.3 Å². The van der Waals surface area contributed by atoms with Crippen LogP contribution >= 0.6 is 0 Å². The number of carbonyl (C=O) groups excluding carboxylic acids is 1. The van der Waals surface area contributed by atoms with Gasteiger partial charge in [0.1, 0.15) is 24.4 Å². The van der Waals surface area contributed by atoms with Gasteiger partial charge in [0.25, 0.3) is 0 Å². The maximum atomic E-state index is 12.1. The van der Waals surface area contributed by atoms with E-state index in [9.17, 15) is 25.2 Å². The van der Waals surface area contributed by atoms with Gasteiger partial charge in [0.05, 0.1) is 46.2 Å². The monoisotopic (exact) mass is 519 g/mol. The zero-order valence-electron chi connectivity index (χ0n) is 20.2. The zero-order valence-corrected chi connectivity index (χ0v) is 20.2. The molecule has 0 bridgehead atoms. The molecule has 0 heterocycles. The third-order valence-corrected chi connectivity index (χ3v) is 4.54. The van der Waals surface area contributed by atoms with Crippen LogP contribution in [0, 0.1) is 0 Å². The van der Waals surface area contributed by atoms with Gasteiger partial charge in [0, 0.05) is 48.2 Å². The number of azide groups is 2. The molecule has 0 aromatic carbocycles. The Kier molecular flexibility index (Phi) is 21.4. The number of hydrogen-bond acceptors (Lipinski definition) is 12. The molecule has 0 aliphatic heterocycles. The van der Waals surface area contributed by atoms with Gasteiger partial charge in [-0.3, -0.25) is 4.79 Å². The molecule has 0 saturated heterocycles. The highest BCUT2D eigenvalue weighted by Crippen LogP contribution is 2.12. The van der Waals surface area contributed by atoms with Crippen molar-refractivity contribution < 1.29 is 44.2 Å². The quantitative estimate of drug-likeness (QED) is 0.0450. The standard InChI is InChI=1S/C20H37N7O9/c1-15(23-4-8-34-13-14-36-10-6-25-27-22)17(29)19(31)20(32)18(30)16(28)3-2-7-33-11-12-35-9-5-24-26-21/h17-20,23,29-32H,1-14H2/t17-,18+,19+,20-/m0/s1. The van der Waals surface area contributed by atoms with E-state index in [4.69, 9.17) is 30.0 Å². The van der Waals surface area contributed by atoms with Crippen molar-refractivity contribution >= 4 is 5.78 Å². The Morgan fingerprint density at radius 2 is 1.25 bits per heavy atom. The summed E-state index contributed by atoms with van der Waals surface area (Å²) < 4.78 is 20.9. The maximum Gasteiger partial charge on any atom is 0.164 e. The van der Waals surface area contributed by atoms with Gasteiger partial charge in [-0.2, -0.15) is 0 Å². The molecule has 0 unspecified atom stereocenters. The Hall–Kier alpha value is -2.49. The summed E-state index contributed by atoms with van der Waals surface area (Å²) in [4.78, 5) is 17.3. The molecule has 0 aromatic heterocycles. The lowest BCUT2D eigenvalue weighted by Crippen LogP contribution is -2.49. The van der Waals surface area contributed by atoms with E-state index >= 15 is 0 Å². The molecule has 5 N–H and O–H groups in total. The SMILES string of the molecule is C=C(NCCOCCOCCN=[N+]=[N-])[C@H](O)[C@@H](O)[C@@H](O)[C@H](O)C(=O)CCCOCCOCCN=[N+]=[N-]. The summed E-state index contributed by atoms with van der Waals surface area (Å²) in [5, 5.41) is 49.7. The summed E-state index contributed by atoms with van der Waals surface area (Å²) in [6, 6.07) is 0. The topological polar surface area (TPSA) is 244 Å². The summed E-state index contributed by atoms with van der Waals surface area (Å²) in [5.41, 5.74) is 16.2. The van der Waals surface area contributed by atoms with Crippen molar-refractivity contribution in [3.63, 3.8) is 0 Å². The first kappa shape index (κ1) is 33.5. The van der Waals surface area contributed by atoms with Crippen LogP contribution in [-0.2, 0) is 23.7 Å². The summed E-state index contributed by atoms with van der Waals surface area (Å²) in [5.74, 6) is -0.711. The first-order valence-corrected chi connectivity index (χ1v) is 11.4. The van der Waals surface area contributed by atoms with E-state index < -0.39 is 30.2 Å². The van der Waals surface area contributed by atoms with Crippen LogP contribution in [-0.4, -0.2) is 123 Å². The molecule has 206 valence electrons. The highest BCUT2D eigenvalue weighted by Gasteiger charge is 2.34. The van der Waals surface area contributed by atoms with Crippen LogP contribution in [0.4, 0.5) is 0 Å². The first-order chi connectivity index (χ1) is 17.4. The molecular formula is C20H37N7O9. The molecule has 0 aromatic rings. The second-order valence-corrected chi connectivity index (χ2v) is 7.25. The number of aliphatic hydroxyl groups is 4. The van der Waals surface area contributed by atoms with Crippen LogP contribution in [0.5, 0.6) is 0 Å². The fourth-order valence-corrected chi connectivity index (χ4v) is 2.60. The van der Waals surface area contributed by atoms with E-state index in [1.165, 1.54) is 0 Å². The van der Waals surface area contributed by atoms with E-state index in [1.807, 2.05) is 0 Å². The molecule has 16 nitrogen and oxygen atoms in total. The molecule has 0 amide bonds.